The molecule has 1 aliphatic rings. The first-order valence-corrected chi connectivity index (χ1v) is 10.6. The van der Waals surface area contributed by atoms with Crippen molar-refractivity contribution in [3.8, 4) is 11.5 Å². The topological polar surface area (TPSA) is 93.4 Å². The van der Waals surface area contributed by atoms with Gasteiger partial charge in [0.15, 0.2) is 0 Å². The summed E-state index contributed by atoms with van der Waals surface area (Å²) in [5, 5.41) is 10.5. The third-order valence-corrected chi connectivity index (χ3v) is 5.41. The molecule has 1 fully saturated rings. The quantitative estimate of drug-likeness (QED) is 0.551. The number of morpholine rings is 1. The number of ether oxygens (including phenoxy) is 1. The highest BCUT2D eigenvalue weighted by molar-refractivity contribution is 7.99. The molecule has 8 nitrogen and oxygen atoms in total. The van der Waals surface area contributed by atoms with Gasteiger partial charge in [0.25, 0.3) is 5.22 Å². The van der Waals surface area contributed by atoms with Gasteiger partial charge in [0, 0.05) is 25.5 Å². The fourth-order valence-electron chi connectivity index (χ4n) is 3.08. The van der Waals surface area contributed by atoms with Crippen LogP contribution >= 0.6 is 11.8 Å². The molecular formula is C20H18F3N5O3S. The summed E-state index contributed by atoms with van der Waals surface area (Å²) in [6.45, 7) is 1.95. The highest BCUT2D eigenvalue weighted by Gasteiger charge is 2.32. The molecule has 1 saturated heterocycles. The number of amides is 1. The van der Waals surface area contributed by atoms with Crippen LogP contribution in [0.1, 0.15) is 5.56 Å². The SMILES string of the molecule is O=C(CSc1nnc(-c2cccnc2)o1)Nc1cc(C(F)(F)F)ccc1N1CCOCC1. The summed E-state index contributed by atoms with van der Waals surface area (Å²) in [5.41, 5.74) is 0.399. The molecule has 3 heterocycles. The average Bonchev–Trinajstić information content (AvgIpc) is 3.27. The number of carbonyl (C=O) groups excluding carboxylic acids is 1. The first-order chi connectivity index (χ1) is 15.4. The zero-order valence-electron chi connectivity index (χ0n) is 16.6. The van der Waals surface area contributed by atoms with Crippen molar-refractivity contribution in [2.24, 2.45) is 0 Å². The van der Waals surface area contributed by atoms with E-state index in [0.717, 1.165) is 23.9 Å². The van der Waals surface area contributed by atoms with Crippen molar-refractivity contribution < 1.29 is 27.1 Å². The van der Waals surface area contributed by atoms with E-state index in [0.29, 0.717) is 37.6 Å². The van der Waals surface area contributed by atoms with E-state index in [9.17, 15) is 18.0 Å². The summed E-state index contributed by atoms with van der Waals surface area (Å²) in [4.78, 5) is 18.4. The number of halogens is 3. The van der Waals surface area contributed by atoms with E-state index in [1.54, 1.807) is 24.5 Å². The Balaban J connectivity index is 1.45. The molecule has 1 N–H and O–H groups in total. The Labute approximate surface area is 185 Å². The lowest BCUT2D eigenvalue weighted by molar-refractivity contribution is -0.137. The van der Waals surface area contributed by atoms with E-state index >= 15 is 0 Å². The molecule has 0 spiro atoms. The minimum absolute atomic E-state index is 0.0916. The Hall–Kier alpha value is -3.12. The second-order valence-corrected chi connectivity index (χ2v) is 7.71. The van der Waals surface area contributed by atoms with Crippen LogP contribution in [0, 0.1) is 0 Å². The van der Waals surface area contributed by atoms with Crippen LogP contribution in [0.4, 0.5) is 24.5 Å². The molecule has 0 radical (unpaired) electrons. The van der Waals surface area contributed by atoms with E-state index in [-0.39, 0.29) is 22.6 Å². The monoisotopic (exact) mass is 465 g/mol. The van der Waals surface area contributed by atoms with Crippen LogP contribution in [0.5, 0.6) is 0 Å². The van der Waals surface area contributed by atoms with E-state index in [2.05, 4.69) is 20.5 Å². The highest BCUT2D eigenvalue weighted by atomic mass is 32.2. The molecule has 168 valence electrons. The molecule has 0 atom stereocenters. The predicted octanol–water partition coefficient (Wildman–Crippen LogP) is 3.72. The molecule has 0 aliphatic carbocycles. The van der Waals surface area contributed by atoms with Gasteiger partial charge in [-0.25, -0.2) is 0 Å². The van der Waals surface area contributed by atoms with Gasteiger partial charge in [-0.3, -0.25) is 9.78 Å². The summed E-state index contributed by atoms with van der Waals surface area (Å²) < 4.78 is 50.4. The molecule has 0 unspecified atom stereocenters. The van der Waals surface area contributed by atoms with E-state index in [4.69, 9.17) is 9.15 Å². The number of nitrogens with zero attached hydrogens (tertiary/aromatic N) is 4. The summed E-state index contributed by atoms with van der Waals surface area (Å²) >= 11 is 0.986. The number of pyridine rings is 1. The van der Waals surface area contributed by atoms with Gasteiger partial charge in [0.1, 0.15) is 0 Å². The number of anilines is 2. The highest BCUT2D eigenvalue weighted by Crippen LogP contribution is 2.36. The van der Waals surface area contributed by atoms with E-state index in [1.165, 1.54) is 6.07 Å². The van der Waals surface area contributed by atoms with Crippen LogP contribution in [0.3, 0.4) is 0 Å². The molecule has 0 saturated carbocycles. The van der Waals surface area contributed by atoms with Crippen molar-refractivity contribution in [3.05, 3.63) is 48.3 Å². The predicted molar refractivity (Wildman–Crippen MR) is 111 cm³/mol. The van der Waals surface area contributed by atoms with Crippen LogP contribution in [-0.2, 0) is 15.7 Å². The molecule has 4 rings (SSSR count). The molecule has 2 aromatic heterocycles. The van der Waals surface area contributed by atoms with Crippen molar-refractivity contribution in [2.75, 3.05) is 42.3 Å². The Morgan fingerprint density at radius 3 is 2.72 bits per heavy atom. The minimum Gasteiger partial charge on any atom is -0.411 e. The average molecular weight is 465 g/mol. The third kappa shape index (κ3) is 5.37. The normalized spacial score (nSPS) is 14.4. The number of hydrogen-bond acceptors (Lipinski definition) is 8. The minimum atomic E-state index is -4.52. The molecule has 3 aromatic rings. The van der Waals surface area contributed by atoms with Crippen LogP contribution in [0.2, 0.25) is 0 Å². The Morgan fingerprint density at radius 2 is 2.00 bits per heavy atom. The smallest absolute Gasteiger partial charge is 0.411 e. The van der Waals surface area contributed by atoms with Gasteiger partial charge in [0.2, 0.25) is 11.8 Å². The van der Waals surface area contributed by atoms with Gasteiger partial charge in [-0.1, -0.05) is 11.8 Å². The molecule has 12 heteroatoms. The first kappa shape index (κ1) is 22.1. The fourth-order valence-corrected chi connectivity index (χ4v) is 3.64. The lowest BCUT2D eigenvalue weighted by Crippen LogP contribution is -2.37. The zero-order chi connectivity index (χ0) is 22.6. The number of nitrogens with one attached hydrogen (secondary N) is 1. The zero-order valence-corrected chi connectivity index (χ0v) is 17.4. The molecule has 0 bridgehead atoms. The van der Waals surface area contributed by atoms with Gasteiger partial charge < -0.3 is 19.4 Å². The van der Waals surface area contributed by atoms with E-state index < -0.39 is 17.6 Å². The number of hydrogen-bond donors (Lipinski definition) is 1. The lowest BCUT2D eigenvalue weighted by atomic mass is 10.1. The van der Waals surface area contributed by atoms with E-state index in [1.807, 2.05) is 4.90 Å². The molecular weight excluding hydrogens is 447 g/mol. The number of aromatic nitrogens is 3. The number of thioether (sulfide) groups is 1. The summed E-state index contributed by atoms with van der Waals surface area (Å²) in [5.74, 6) is -0.355. The largest absolute Gasteiger partial charge is 0.416 e. The molecule has 32 heavy (non-hydrogen) atoms. The van der Waals surface area contributed by atoms with Crippen LogP contribution in [0.25, 0.3) is 11.5 Å². The van der Waals surface area contributed by atoms with Crippen LogP contribution in [0.15, 0.2) is 52.4 Å². The first-order valence-electron chi connectivity index (χ1n) is 9.60. The van der Waals surface area contributed by atoms with Gasteiger partial charge in [-0.15, -0.1) is 10.2 Å². The van der Waals surface area contributed by atoms with Crippen LogP contribution in [-0.4, -0.2) is 53.1 Å². The number of carbonyl (C=O) groups is 1. The standard InChI is InChI=1S/C20H18F3N5O3S/c21-20(22,23)14-3-4-16(28-6-8-30-9-7-28)15(10-14)25-17(29)12-32-19-27-26-18(31-19)13-2-1-5-24-11-13/h1-5,10-11H,6-9,12H2,(H,25,29). The molecule has 1 aromatic carbocycles. The summed E-state index contributed by atoms with van der Waals surface area (Å²) in [6.07, 6.45) is -1.35. The Morgan fingerprint density at radius 1 is 1.19 bits per heavy atom. The second kappa shape index (κ2) is 9.57. The lowest BCUT2D eigenvalue weighted by Gasteiger charge is -2.31. The summed E-state index contributed by atoms with van der Waals surface area (Å²) in [6, 6.07) is 6.80. The maximum Gasteiger partial charge on any atom is 0.416 e. The number of rotatable bonds is 6. The van der Waals surface area contributed by atoms with Crippen molar-refractivity contribution in [1.82, 2.24) is 15.2 Å². The fraction of sp³-hybridized carbons (Fsp3) is 0.300. The number of benzene rings is 1. The maximum atomic E-state index is 13.2. The van der Waals surface area contributed by atoms with Crippen molar-refractivity contribution >= 4 is 29.0 Å². The third-order valence-electron chi connectivity index (χ3n) is 4.59. The van der Waals surface area contributed by atoms with Crippen molar-refractivity contribution in [2.45, 2.75) is 11.4 Å². The van der Waals surface area contributed by atoms with Gasteiger partial charge in [-0.2, -0.15) is 13.2 Å². The Bertz CT molecular complexity index is 1070. The number of alkyl halides is 3. The Kier molecular flexibility index (Phi) is 6.61. The maximum absolute atomic E-state index is 13.2. The van der Waals surface area contributed by atoms with Gasteiger partial charge in [0.05, 0.1) is 41.5 Å². The van der Waals surface area contributed by atoms with Crippen LogP contribution < -0.4 is 10.2 Å². The second-order valence-electron chi connectivity index (χ2n) is 6.78. The summed E-state index contributed by atoms with van der Waals surface area (Å²) in [7, 11) is 0. The van der Waals surface area contributed by atoms with Crippen molar-refractivity contribution in [3.63, 3.8) is 0 Å². The van der Waals surface area contributed by atoms with Gasteiger partial charge >= 0.3 is 6.18 Å². The molecule has 1 aliphatic heterocycles. The van der Waals surface area contributed by atoms with Gasteiger partial charge in [-0.05, 0) is 30.3 Å². The molecule has 1 amide bonds. The van der Waals surface area contributed by atoms with Crippen molar-refractivity contribution in [1.29, 1.82) is 0 Å².